The molecule has 0 unspecified atom stereocenters. The fourth-order valence-corrected chi connectivity index (χ4v) is 2.12. The zero-order valence-electron chi connectivity index (χ0n) is 8.40. The Kier molecular flexibility index (Phi) is 2.74. The number of nitrogens with zero attached hydrogens (tertiary/aromatic N) is 3. The van der Waals surface area contributed by atoms with Gasteiger partial charge in [0.15, 0.2) is 0 Å². The molecule has 78 valence electrons. The van der Waals surface area contributed by atoms with Crippen LogP contribution in [0.3, 0.4) is 0 Å². The van der Waals surface area contributed by atoms with Gasteiger partial charge in [-0.15, -0.1) is 10.2 Å². The highest BCUT2D eigenvalue weighted by molar-refractivity contribution is 6.28. The molecule has 1 fully saturated rings. The number of halogens is 1. The summed E-state index contributed by atoms with van der Waals surface area (Å²) in [7, 11) is 1.75. The van der Waals surface area contributed by atoms with E-state index in [9.17, 15) is 0 Å². The first-order chi connectivity index (χ1) is 6.76. The first-order valence-corrected chi connectivity index (χ1v) is 5.26. The van der Waals surface area contributed by atoms with Crippen molar-refractivity contribution in [1.29, 1.82) is 0 Å². The van der Waals surface area contributed by atoms with Crippen LogP contribution in [0.4, 0.5) is 0 Å². The van der Waals surface area contributed by atoms with E-state index in [-0.39, 0.29) is 0 Å². The minimum Gasteiger partial charge on any atom is -0.381 e. The van der Waals surface area contributed by atoms with E-state index in [0.29, 0.717) is 17.4 Å². The molecule has 0 bridgehead atoms. The van der Waals surface area contributed by atoms with Crippen LogP contribution in [0.15, 0.2) is 0 Å². The van der Waals surface area contributed by atoms with Crippen LogP contribution in [-0.4, -0.2) is 28.0 Å². The van der Waals surface area contributed by atoms with E-state index < -0.39 is 0 Å². The molecular formula is C9H14ClN3O. The van der Waals surface area contributed by atoms with Crippen LogP contribution in [-0.2, 0) is 11.2 Å². The average molecular weight is 216 g/mol. The summed E-state index contributed by atoms with van der Waals surface area (Å²) in [5, 5.41) is 8.41. The first kappa shape index (κ1) is 9.93. The highest BCUT2D eigenvalue weighted by atomic mass is 35.5. The standard InChI is InChI=1S/C9H14ClN3O/c1-3-8-11-12-9(10)13(8)6-4-7(5-6)14-2/h6-7H,3-5H2,1-2H3. The number of ether oxygens (including phenoxy) is 1. The number of methoxy groups -OCH3 is 1. The van der Waals surface area contributed by atoms with Gasteiger partial charge in [-0.05, 0) is 24.4 Å². The lowest BCUT2D eigenvalue weighted by atomic mass is 9.89. The van der Waals surface area contributed by atoms with Crippen LogP contribution >= 0.6 is 11.6 Å². The summed E-state index contributed by atoms with van der Waals surface area (Å²) in [5.74, 6) is 0.967. The number of hydrogen-bond donors (Lipinski definition) is 0. The molecule has 1 aromatic rings. The molecule has 0 saturated heterocycles. The van der Waals surface area contributed by atoms with Crippen molar-refractivity contribution >= 4 is 11.6 Å². The lowest BCUT2D eigenvalue weighted by molar-refractivity contribution is 0.00542. The number of aromatic nitrogens is 3. The van der Waals surface area contributed by atoms with E-state index >= 15 is 0 Å². The molecule has 1 aromatic heterocycles. The van der Waals surface area contributed by atoms with E-state index in [1.54, 1.807) is 7.11 Å². The van der Waals surface area contributed by atoms with Crippen molar-refractivity contribution in [1.82, 2.24) is 14.8 Å². The molecule has 5 heteroatoms. The quantitative estimate of drug-likeness (QED) is 0.773. The second kappa shape index (κ2) is 3.87. The molecule has 0 spiro atoms. The molecular weight excluding hydrogens is 202 g/mol. The molecule has 1 aliphatic rings. The highest BCUT2D eigenvalue weighted by Gasteiger charge is 2.33. The van der Waals surface area contributed by atoms with Gasteiger partial charge in [-0.25, -0.2) is 0 Å². The maximum Gasteiger partial charge on any atom is 0.225 e. The highest BCUT2D eigenvalue weighted by Crippen LogP contribution is 2.36. The molecule has 1 saturated carbocycles. The molecule has 1 heterocycles. The minimum absolute atomic E-state index is 0.378. The van der Waals surface area contributed by atoms with Gasteiger partial charge in [0, 0.05) is 19.6 Å². The van der Waals surface area contributed by atoms with Gasteiger partial charge in [-0.2, -0.15) is 0 Å². The Bertz CT molecular complexity index is 320. The lowest BCUT2D eigenvalue weighted by Gasteiger charge is -2.35. The van der Waals surface area contributed by atoms with Crippen molar-refractivity contribution in [3.8, 4) is 0 Å². The maximum absolute atomic E-state index is 5.97. The summed E-state index contributed by atoms with van der Waals surface area (Å²) < 4.78 is 7.26. The predicted octanol–water partition coefficient (Wildman–Crippen LogP) is 1.84. The second-order valence-corrected chi connectivity index (χ2v) is 3.93. The minimum atomic E-state index is 0.378. The molecule has 0 aromatic carbocycles. The predicted molar refractivity (Wildman–Crippen MR) is 53.5 cm³/mol. The fourth-order valence-electron chi connectivity index (χ4n) is 1.85. The second-order valence-electron chi connectivity index (χ2n) is 3.59. The number of rotatable bonds is 3. The Morgan fingerprint density at radius 3 is 2.79 bits per heavy atom. The fraction of sp³-hybridized carbons (Fsp3) is 0.778. The molecule has 0 amide bonds. The summed E-state index contributed by atoms with van der Waals surface area (Å²) in [4.78, 5) is 0. The molecule has 14 heavy (non-hydrogen) atoms. The largest absolute Gasteiger partial charge is 0.381 e. The molecule has 0 aliphatic heterocycles. The molecule has 2 rings (SSSR count). The smallest absolute Gasteiger partial charge is 0.225 e. The molecule has 4 nitrogen and oxygen atoms in total. The third-order valence-electron chi connectivity index (χ3n) is 2.81. The van der Waals surface area contributed by atoms with Crippen molar-refractivity contribution in [2.45, 2.75) is 38.3 Å². The van der Waals surface area contributed by atoms with Gasteiger partial charge in [-0.1, -0.05) is 6.92 Å². The summed E-state index contributed by atoms with van der Waals surface area (Å²) in [6.07, 6.45) is 3.28. The van der Waals surface area contributed by atoms with Gasteiger partial charge in [0.2, 0.25) is 5.28 Å². The summed E-state index contributed by atoms with van der Waals surface area (Å²) in [5.41, 5.74) is 0. The third kappa shape index (κ3) is 1.53. The maximum atomic E-state index is 5.97. The zero-order valence-corrected chi connectivity index (χ0v) is 9.16. The van der Waals surface area contributed by atoms with Crippen molar-refractivity contribution < 1.29 is 4.74 Å². The normalized spacial score (nSPS) is 26.2. The van der Waals surface area contributed by atoms with Gasteiger partial charge in [0.05, 0.1) is 6.10 Å². The van der Waals surface area contributed by atoms with E-state index in [0.717, 1.165) is 25.1 Å². The van der Waals surface area contributed by atoms with Gasteiger partial charge in [0.1, 0.15) is 5.82 Å². The monoisotopic (exact) mass is 215 g/mol. The summed E-state index contributed by atoms with van der Waals surface area (Å²) >= 11 is 5.97. The van der Waals surface area contributed by atoms with Crippen molar-refractivity contribution in [2.75, 3.05) is 7.11 Å². The molecule has 0 radical (unpaired) electrons. The Hall–Kier alpha value is -0.610. The summed E-state index contributed by atoms with van der Waals surface area (Å²) in [6, 6.07) is 0.428. The SMILES string of the molecule is CCc1nnc(Cl)n1C1CC(OC)C1. The van der Waals surface area contributed by atoms with E-state index in [2.05, 4.69) is 17.1 Å². The Labute approximate surface area is 88.2 Å². The topological polar surface area (TPSA) is 39.9 Å². The zero-order chi connectivity index (χ0) is 10.1. The Balaban J connectivity index is 2.12. The van der Waals surface area contributed by atoms with E-state index in [1.807, 2.05) is 4.57 Å². The number of aryl methyl sites for hydroxylation is 1. The average Bonchev–Trinajstić information content (AvgIpc) is 2.47. The number of hydrogen-bond acceptors (Lipinski definition) is 3. The van der Waals surface area contributed by atoms with Gasteiger partial charge in [0.25, 0.3) is 0 Å². The van der Waals surface area contributed by atoms with Crippen LogP contribution in [0.2, 0.25) is 5.28 Å². The van der Waals surface area contributed by atoms with Crippen LogP contribution in [0.5, 0.6) is 0 Å². The van der Waals surface area contributed by atoms with Crippen molar-refractivity contribution in [3.63, 3.8) is 0 Å². The first-order valence-electron chi connectivity index (χ1n) is 4.88. The molecule has 0 atom stereocenters. The van der Waals surface area contributed by atoms with Crippen LogP contribution in [0, 0.1) is 0 Å². The molecule has 1 aliphatic carbocycles. The van der Waals surface area contributed by atoms with Gasteiger partial charge >= 0.3 is 0 Å². The van der Waals surface area contributed by atoms with Gasteiger partial charge < -0.3 is 4.74 Å². The lowest BCUT2D eigenvalue weighted by Crippen LogP contribution is -2.33. The van der Waals surface area contributed by atoms with Crippen molar-refractivity contribution in [3.05, 3.63) is 11.1 Å². The van der Waals surface area contributed by atoms with Crippen LogP contribution in [0.25, 0.3) is 0 Å². The molecule has 0 N–H and O–H groups in total. The van der Waals surface area contributed by atoms with Crippen molar-refractivity contribution in [2.24, 2.45) is 0 Å². The van der Waals surface area contributed by atoms with E-state index in [1.165, 1.54) is 0 Å². The Morgan fingerprint density at radius 2 is 2.21 bits per heavy atom. The van der Waals surface area contributed by atoms with Crippen LogP contribution in [0.1, 0.15) is 31.6 Å². The van der Waals surface area contributed by atoms with Gasteiger partial charge in [-0.3, -0.25) is 4.57 Å². The summed E-state index contributed by atoms with van der Waals surface area (Å²) in [6.45, 7) is 2.06. The Morgan fingerprint density at radius 1 is 1.50 bits per heavy atom. The third-order valence-corrected chi connectivity index (χ3v) is 3.07. The van der Waals surface area contributed by atoms with Crippen LogP contribution < -0.4 is 0 Å². The van der Waals surface area contributed by atoms with E-state index in [4.69, 9.17) is 16.3 Å².